The third-order valence-corrected chi connectivity index (χ3v) is 2.14. The van der Waals surface area contributed by atoms with Gasteiger partial charge >= 0.3 is 0 Å². The van der Waals surface area contributed by atoms with Crippen molar-refractivity contribution >= 4 is 0 Å². The van der Waals surface area contributed by atoms with Crippen molar-refractivity contribution in [2.24, 2.45) is 5.73 Å². The van der Waals surface area contributed by atoms with Crippen LogP contribution in [0.2, 0.25) is 0 Å². The quantitative estimate of drug-likeness (QED) is 0.785. The third-order valence-electron chi connectivity index (χ3n) is 2.14. The first-order valence-corrected chi connectivity index (χ1v) is 4.52. The van der Waals surface area contributed by atoms with Crippen molar-refractivity contribution in [3.05, 3.63) is 41.9 Å². The molecule has 0 saturated carbocycles. The third kappa shape index (κ3) is 1.54. The van der Waals surface area contributed by atoms with Crippen LogP contribution >= 0.6 is 0 Å². The van der Waals surface area contributed by atoms with E-state index >= 15 is 0 Å². The summed E-state index contributed by atoms with van der Waals surface area (Å²) in [5, 5.41) is 0. The Balaban J connectivity index is 2.44. The predicted molar refractivity (Wildman–Crippen MR) is 54.6 cm³/mol. The van der Waals surface area contributed by atoms with E-state index < -0.39 is 0 Å². The fourth-order valence-corrected chi connectivity index (χ4v) is 1.38. The van der Waals surface area contributed by atoms with Crippen LogP contribution in [-0.4, -0.2) is 4.98 Å². The molecule has 1 aromatic heterocycles. The second kappa shape index (κ2) is 3.64. The van der Waals surface area contributed by atoms with Crippen molar-refractivity contribution in [3.63, 3.8) is 0 Å². The summed E-state index contributed by atoms with van der Waals surface area (Å²) in [5.74, 6) is 1.35. The maximum absolute atomic E-state index is 5.46. The number of aromatic nitrogens is 1. The highest BCUT2D eigenvalue weighted by Gasteiger charge is 2.06. The standard InChI is InChI=1S/C11H12N2O/c1-8-4-2-3-5-9(8)10-7-13-11(6-12)14-10/h2-5,7H,6,12H2,1H3. The lowest BCUT2D eigenvalue weighted by molar-refractivity contribution is 0.509. The van der Waals surface area contributed by atoms with Crippen LogP contribution < -0.4 is 5.73 Å². The van der Waals surface area contributed by atoms with E-state index in [0.717, 1.165) is 11.3 Å². The first-order chi connectivity index (χ1) is 6.81. The van der Waals surface area contributed by atoms with Crippen LogP contribution in [0.25, 0.3) is 11.3 Å². The number of nitrogens with zero attached hydrogens (tertiary/aromatic N) is 1. The molecular formula is C11H12N2O. The fraction of sp³-hybridized carbons (Fsp3) is 0.182. The Morgan fingerprint density at radius 3 is 2.79 bits per heavy atom. The van der Waals surface area contributed by atoms with Crippen molar-refractivity contribution in [1.82, 2.24) is 4.98 Å². The van der Waals surface area contributed by atoms with Gasteiger partial charge in [-0.25, -0.2) is 4.98 Å². The second-order valence-electron chi connectivity index (χ2n) is 3.14. The predicted octanol–water partition coefficient (Wildman–Crippen LogP) is 2.11. The van der Waals surface area contributed by atoms with Crippen LogP contribution in [0.3, 0.4) is 0 Å². The molecule has 0 fully saturated rings. The van der Waals surface area contributed by atoms with E-state index in [0.29, 0.717) is 12.4 Å². The number of benzene rings is 1. The van der Waals surface area contributed by atoms with Gasteiger partial charge in [-0.15, -0.1) is 0 Å². The van der Waals surface area contributed by atoms with Crippen LogP contribution in [0, 0.1) is 6.92 Å². The summed E-state index contributed by atoms with van der Waals surface area (Å²) in [4.78, 5) is 4.06. The van der Waals surface area contributed by atoms with Gasteiger partial charge in [0.05, 0.1) is 12.7 Å². The van der Waals surface area contributed by atoms with Crippen molar-refractivity contribution in [2.75, 3.05) is 0 Å². The molecule has 0 saturated heterocycles. The van der Waals surface area contributed by atoms with E-state index in [9.17, 15) is 0 Å². The highest BCUT2D eigenvalue weighted by atomic mass is 16.4. The molecule has 0 radical (unpaired) electrons. The van der Waals surface area contributed by atoms with Crippen LogP contribution in [0.5, 0.6) is 0 Å². The first-order valence-electron chi connectivity index (χ1n) is 4.52. The van der Waals surface area contributed by atoms with Gasteiger partial charge in [-0.2, -0.15) is 0 Å². The second-order valence-corrected chi connectivity index (χ2v) is 3.14. The number of aryl methyl sites for hydroxylation is 1. The van der Waals surface area contributed by atoms with Gasteiger partial charge in [0.2, 0.25) is 5.89 Å². The zero-order chi connectivity index (χ0) is 9.97. The van der Waals surface area contributed by atoms with E-state index in [1.807, 2.05) is 31.2 Å². The van der Waals surface area contributed by atoms with Crippen LogP contribution in [0.4, 0.5) is 0 Å². The first kappa shape index (κ1) is 8.97. The van der Waals surface area contributed by atoms with Gasteiger partial charge in [0, 0.05) is 5.56 Å². The molecule has 0 aliphatic rings. The number of nitrogens with two attached hydrogens (primary N) is 1. The topological polar surface area (TPSA) is 52.0 Å². The van der Waals surface area contributed by atoms with Gasteiger partial charge in [0.25, 0.3) is 0 Å². The number of rotatable bonds is 2. The average Bonchev–Trinajstić information content (AvgIpc) is 2.67. The summed E-state index contributed by atoms with van der Waals surface area (Å²) in [6.07, 6.45) is 1.71. The Bertz CT molecular complexity index is 434. The maximum Gasteiger partial charge on any atom is 0.208 e. The largest absolute Gasteiger partial charge is 0.439 e. The van der Waals surface area contributed by atoms with Gasteiger partial charge in [-0.1, -0.05) is 24.3 Å². The van der Waals surface area contributed by atoms with E-state index in [4.69, 9.17) is 10.2 Å². The van der Waals surface area contributed by atoms with Crippen molar-refractivity contribution < 1.29 is 4.42 Å². The summed E-state index contributed by atoms with van der Waals surface area (Å²) in [5.41, 5.74) is 7.67. The summed E-state index contributed by atoms with van der Waals surface area (Å²) >= 11 is 0. The minimum absolute atomic E-state index is 0.339. The smallest absolute Gasteiger partial charge is 0.208 e. The van der Waals surface area contributed by atoms with Crippen LogP contribution in [-0.2, 0) is 6.54 Å². The molecule has 2 aromatic rings. The molecule has 0 amide bonds. The minimum Gasteiger partial charge on any atom is -0.439 e. The van der Waals surface area contributed by atoms with E-state index in [-0.39, 0.29) is 0 Å². The Morgan fingerprint density at radius 2 is 2.14 bits per heavy atom. The molecule has 3 nitrogen and oxygen atoms in total. The molecule has 0 aliphatic carbocycles. The maximum atomic E-state index is 5.46. The highest BCUT2D eigenvalue weighted by molar-refractivity contribution is 5.60. The molecule has 1 aromatic carbocycles. The Hall–Kier alpha value is -1.61. The molecule has 0 spiro atoms. The molecule has 0 atom stereocenters. The molecule has 1 heterocycles. The van der Waals surface area contributed by atoms with Gasteiger partial charge in [-0.05, 0) is 12.5 Å². The summed E-state index contributed by atoms with van der Waals surface area (Å²) in [6.45, 7) is 2.38. The molecule has 2 N–H and O–H groups in total. The Kier molecular flexibility index (Phi) is 2.33. The molecule has 14 heavy (non-hydrogen) atoms. The summed E-state index contributed by atoms with van der Waals surface area (Å²) < 4.78 is 5.46. The Morgan fingerprint density at radius 1 is 1.36 bits per heavy atom. The molecule has 2 rings (SSSR count). The fourth-order valence-electron chi connectivity index (χ4n) is 1.38. The van der Waals surface area contributed by atoms with Gasteiger partial charge in [-0.3, -0.25) is 0 Å². The lowest BCUT2D eigenvalue weighted by atomic mass is 10.1. The minimum atomic E-state index is 0.339. The van der Waals surface area contributed by atoms with E-state index in [1.54, 1.807) is 6.20 Å². The zero-order valence-electron chi connectivity index (χ0n) is 8.03. The molecule has 3 heteroatoms. The zero-order valence-corrected chi connectivity index (χ0v) is 8.03. The van der Waals surface area contributed by atoms with Gasteiger partial charge in [0.1, 0.15) is 0 Å². The van der Waals surface area contributed by atoms with Crippen molar-refractivity contribution in [1.29, 1.82) is 0 Å². The number of hydrogen-bond acceptors (Lipinski definition) is 3. The lowest BCUT2D eigenvalue weighted by Gasteiger charge is -1.99. The molecule has 0 unspecified atom stereocenters. The molecule has 0 bridgehead atoms. The average molecular weight is 188 g/mol. The molecular weight excluding hydrogens is 176 g/mol. The van der Waals surface area contributed by atoms with Crippen LogP contribution in [0.1, 0.15) is 11.5 Å². The van der Waals surface area contributed by atoms with Crippen molar-refractivity contribution in [2.45, 2.75) is 13.5 Å². The lowest BCUT2D eigenvalue weighted by Crippen LogP contribution is -1.94. The monoisotopic (exact) mass is 188 g/mol. The highest BCUT2D eigenvalue weighted by Crippen LogP contribution is 2.23. The summed E-state index contributed by atoms with van der Waals surface area (Å²) in [6, 6.07) is 8.03. The SMILES string of the molecule is Cc1ccccc1-c1cnc(CN)o1. The summed E-state index contributed by atoms with van der Waals surface area (Å²) in [7, 11) is 0. The van der Waals surface area contributed by atoms with Crippen LogP contribution in [0.15, 0.2) is 34.9 Å². The van der Waals surface area contributed by atoms with Gasteiger partial charge in [0.15, 0.2) is 5.76 Å². The molecule has 0 aliphatic heterocycles. The van der Waals surface area contributed by atoms with E-state index in [2.05, 4.69) is 4.98 Å². The Labute approximate surface area is 82.6 Å². The number of hydrogen-bond donors (Lipinski definition) is 1. The normalized spacial score (nSPS) is 10.4. The molecule has 72 valence electrons. The van der Waals surface area contributed by atoms with Gasteiger partial charge < -0.3 is 10.2 Å². The van der Waals surface area contributed by atoms with Crippen molar-refractivity contribution in [3.8, 4) is 11.3 Å². The number of oxazole rings is 1. The van der Waals surface area contributed by atoms with E-state index in [1.165, 1.54) is 5.56 Å².